The Hall–Kier alpha value is -0.0900. The van der Waals surface area contributed by atoms with Gasteiger partial charge in [0.25, 0.3) is 0 Å². The van der Waals surface area contributed by atoms with Crippen molar-refractivity contribution in [2.75, 3.05) is 40.0 Å². The Morgan fingerprint density at radius 2 is 2.30 bits per heavy atom. The molecule has 0 bridgehead atoms. The van der Waals surface area contributed by atoms with E-state index in [1.54, 1.807) is 18.4 Å². The van der Waals surface area contributed by atoms with Crippen LogP contribution in [0.4, 0.5) is 0 Å². The molecule has 2 heterocycles. The number of nitrogens with zero attached hydrogens (tertiary/aromatic N) is 1. The fourth-order valence-corrected chi connectivity index (χ4v) is 3.68. The van der Waals surface area contributed by atoms with E-state index in [1.165, 1.54) is 4.88 Å². The summed E-state index contributed by atoms with van der Waals surface area (Å²) in [7, 11) is 1.77. The van der Waals surface area contributed by atoms with E-state index in [-0.39, 0.29) is 36.0 Å². The van der Waals surface area contributed by atoms with Crippen molar-refractivity contribution >= 4 is 52.9 Å². The average Bonchev–Trinajstić information content (AvgIpc) is 3.13. The third-order valence-electron chi connectivity index (χ3n) is 3.97. The number of hydrogen-bond acceptors (Lipinski definition) is 4. The Morgan fingerprint density at radius 1 is 1.48 bits per heavy atom. The minimum absolute atomic E-state index is 0. The van der Waals surface area contributed by atoms with E-state index in [0.29, 0.717) is 6.61 Å². The molecular formula is C15H25ClIN3O2S. The van der Waals surface area contributed by atoms with E-state index in [1.807, 2.05) is 6.07 Å². The number of hydrogen-bond donors (Lipinski definition) is 3. The van der Waals surface area contributed by atoms with Crippen LogP contribution in [0.2, 0.25) is 4.34 Å². The number of aliphatic hydroxyl groups excluding tert-OH is 1. The van der Waals surface area contributed by atoms with Crippen LogP contribution < -0.4 is 10.6 Å². The molecule has 132 valence electrons. The molecule has 0 spiro atoms. The molecule has 3 N–H and O–H groups in total. The van der Waals surface area contributed by atoms with Crippen LogP contribution in [0.25, 0.3) is 0 Å². The number of aliphatic hydroxyl groups is 1. The van der Waals surface area contributed by atoms with Gasteiger partial charge in [0, 0.05) is 43.6 Å². The quantitative estimate of drug-likeness (QED) is 0.323. The van der Waals surface area contributed by atoms with Crippen LogP contribution in [-0.4, -0.2) is 51.0 Å². The first kappa shape index (κ1) is 21.0. The van der Waals surface area contributed by atoms with Crippen LogP contribution in [-0.2, 0) is 11.2 Å². The summed E-state index contributed by atoms with van der Waals surface area (Å²) in [4.78, 5) is 5.50. The summed E-state index contributed by atoms with van der Waals surface area (Å²) < 4.78 is 6.32. The van der Waals surface area contributed by atoms with Gasteiger partial charge in [-0.3, -0.25) is 4.99 Å². The second-order valence-electron chi connectivity index (χ2n) is 5.58. The van der Waals surface area contributed by atoms with Crippen LogP contribution in [0.1, 0.15) is 17.7 Å². The van der Waals surface area contributed by atoms with E-state index in [0.717, 1.165) is 49.3 Å². The zero-order valence-electron chi connectivity index (χ0n) is 13.3. The van der Waals surface area contributed by atoms with Crippen molar-refractivity contribution in [1.29, 1.82) is 0 Å². The van der Waals surface area contributed by atoms with Gasteiger partial charge < -0.3 is 20.5 Å². The summed E-state index contributed by atoms with van der Waals surface area (Å²) in [6, 6.07) is 3.98. The Morgan fingerprint density at radius 3 is 2.87 bits per heavy atom. The fraction of sp³-hybridized carbons (Fsp3) is 0.667. The van der Waals surface area contributed by atoms with Crippen molar-refractivity contribution < 1.29 is 9.84 Å². The Balaban J connectivity index is 0.00000264. The summed E-state index contributed by atoms with van der Waals surface area (Å²) >= 11 is 7.53. The largest absolute Gasteiger partial charge is 0.396 e. The van der Waals surface area contributed by atoms with Gasteiger partial charge in [0.15, 0.2) is 5.96 Å². The Labute approximate surface area is 163 Å². The zero-order valence-corrected chi connectivity index (χ0v) is 17.2. The molecule has 1 aromatic heterocycles. The van der Waals surface area contributed by atoms with Crippen LogP contribution in [0.15, 0.2) is 17.1 Å². The molecule has 0 saturated carbocycles. The minimum atomic E-state index is 0. The molecule has 0 aromatic carbocycles. The summed E-state index contributed by atoms with van der Waals surface area (Å²) in [6.07, 6.45) is 2.65. The van der Waals surface area contributed by atoms with Crippen molar-refractivity contribution in [1.82, 2.24) is 10.6 Å². The molecule has 0 radical (unpaired) electrons. The fourth-order valence-electron chi connectivity index (χ4n) is 2.59. The van der Waals surface area contributed by atoms with Gasteiger partial charge in [0.1, 0.15) is 0 Å². The van der Waals surface area contributed by atoms with Crippen molar-refractivity contribution in [2.24, 2.45) is 10.4 Å². The van der Waals surface area contributed by atoms with Crippen LogP contribution in [0, 0.1) is 5.41 Å². The second kappa shape index (κ2) is 10.7. The van der Waals surface area contributed by atoms with E-state index in [4.69, 9.17) is 16.3 Å². The molecule has 1 fully saturated rings. The highest BCUT2D eigenvalue weighted by Crippen LogP contribution is 2.31. The maximum atomic E-state index is 9.24. The number of thiophene rings is 1. The van der Waals surface area contributed by atoms with Gasteiger partial charge in [-0.25, -0.2) is 0 Å². The molecule has 1 unspecified atom stereocenters. The molecule has 1 aliphatic heterocycles. The van der Waals surface area contributed by atoms with Crippen molar-refractivity contribution in [3.8, 4) is 0 Å². The van der Waals surface area contributed by atoms with Crippen molar-refractivity contribution in [2.45, 2.75) is 19.3 Å². The number of ether oxygens (including phenoxy) is 1. The topological polar surface area (TPSA) is 65.9 Å². The zero-order chi connectivity index (χ0) is 15.8. The molecule has 0 aliphatic carbocycles. The molecule has 23 heavy (non-hydrogen) atoms. The summed E-state index contributed by atoms with van der Waals surface area (Å²) in [5.41, 5.74) is 0.0215. The molecule has 1 atom stereocenters. The van der Waals surface area contributed by atoms with Crippen LogP contribution in [0.5, 0.6) is 0 Å². The van der Waals surface area contributed by atoms with Crippen molar-refractivity contribution in [3.05, 3.63) is 21.3 Å². The highest BCUT2D eigenvalue weighted by Gasteiger charge is 2.34. The minimum Gasteiger partial charge on any atom is -0.396 e. The monoisotopic (exact) mass is 473 g/mol. The molecule has 2 rings (SSSR count). The van der Waals surface area contributed by atoms with Gasteiger partial charge in [0.2, 0.25) is 0 Å². The highest BCUT2D eigenvalue weighted by molar-refractivity contribution is 14.0. The Kier molecular flexibility index (Phi) is 9.76. The highest BCUT2D eigenvalue weighted by atomic mass is 127. The third-order valence-corrected chi connectivity index (χ3v) is 5.27. The SMILES string of the molecule is CN=C(NCCc1ccc(Cl)s1)NCC1(CCO)CCOC1.I. The second-order valence-corrected chi connectivity index (χ2v) is 7.38. The molecule has 8 heteroatoms. The van der Waals surface area contributed by atoms with Gasteiger partial charge in [0.05, 0.1) is 10.9 Å². The van der Waals surface area contributed by atoms with Gasteiger partial charge in [-0.05, 0) is 31.4 Å². The lowest BCUT2D eigenvalue weighted by molar-refractivity contribution is 0.127. The van der Waals surface area contributed by atoms with E-state index < -0.39 is 0 Å². The number of guanidine groups is 1. The lowest BCUT2D eigenvalue weighted by atomic mass is 9.84. The number of rotatable bonds is 7. The first-order valence-corrected chi connectivity index (χ1v) is 8.74. The van der Waals surface area contributed by atoms with Gasteiger partial charge >= 0.3 is 0 Å². The lowest BCUT2D eigenvalue weighted by Crippen LogP contribution is -2.44. The molecule has 5 nitrogen and oxygen atoms in total. The number of aliphatic imine (C=N–C) groups is 1. The van der Waals surface area contributed by atoms with Gasteiger partial charge in [-0.2, -0.15) is 0 Å². The van der Waals surface area contributed by atoms with Crippen LogP contribution >= 0.6 is 46.9 Å². The summed E-state index contributed by atoms with van der Waals surface area (Å²) in [5.74, 6) is 0.784. The summed E-state index contributed by atoms with van der Waals surface area (Å²) in [5, 5.41) is 15.9. The van der Waals surface area contributed by atoms with Gasteiger partial charge in [-0.1, -0.05) is 11.6 Å². The predicted octanol–water partition coefficient (Wildman–Crippen LogP) is 2.52. The average molecular weight is 474 g/mol. The number of nitrogens with one attached hydrogen (secondary N) is 2. The molecular weight excluding hydrogens is 449 g/mol. The maximum absolute atomic E-state index is 9.24. The van der Waals surface area contributed by atoms with Crippen LogP contribution in [0.3, 0.4) is 0 Å². The predicted molar refractivity (Wildman–Crippen MR) is 107 cm³/mol. The maximum Gasteiger partial charge on any atom is 0.191 e. The molecule has 1 aliphatic rings. The molecule has 0 amide bonds. The lowest BCUT2D eigenvalue weighted by Gasteiger charge is -2.27. The van der Waals surface area contributed by atoms with Crippen molar-refractivity contribution in [3.63, 3.8) is 0 Å². The van der Waals surface area contributed by atoms with E-state index in [9.17, 15) is 5.11 Å². The first-order chi connectivity index (χ1) is 10.7. The summed E-state index contributed by atoms with van der Waals surface area (Å²) in [6.45, 7) is 3.23. The van der Waals surface area contributed by atoms with Gasteiger partial charge in [-0.15, -0.1) is 35.3 Å². The standard InChI is InChI=1S/C15H24ClN3O2S.HI/c1-17-14(18-7-4-12-2-3-13(16)22-12)19-10-15(5-8-20)6-9-21-11-15;/h2-3,20H,4-11H2,1H3,(H2,17,18,19);1H. The first-order valence-electron chi connectivity index (χ1n) is 7.55. The number of halogens is 2. The normalized spacial score (nSPS) is 21.1. The third kappa shape index (κ3) is 6.74. The molecule has 1 aromatic rings. The molecule has 1 saturated heterocycles. The Bertz CT molecular complexity index is 493. The smallest absolute Gasteiger partial charge is 0.191 e. The van der Waals surface area contributed by atoms with E-state index >= 15 is 0 Å². The van der Waals surface area contributed by atoms with E-state index in [2.05, 4.69) is 21.7 Å².